The van der Waals surface area contributed by atoms with Crippen LogP contribution < -0.4 is 15.1 Å². The van der Waals surface area contributed by atoms with Crippen molar-refractivity contribution < 1.29 is 24.1 Å². The molecule has 6 nitrogen and oxygen atoms in total. The van der Waals surface area contributed by atoms with Gasteiger partial charge in [0.2, 0.25) is 5.75 Å². The summed E-state index contributed by atoms with van der Waals surface area (Å²) in [7, 11) is 2.86. The summed E-state index contributed by atoms with van der Waals surface area (Å²) in [4.78, 5) is 11.7. The van der Waals surface area contributed by atoms with Gasteiger partial charge < -0.3 is 24.1 Å². The Morgan fingerprint density at radius 1 is 0.955 bits per heavy atom. The predicted molar refractivity (Wildman–Crippen MR) is 81.2 cm³/mol. The van der Waals surface area contributed by atoms with E-state index in [0.29, 0.717) is 16.5 Å². The lowest BCUT2D eigenvalue weighted by Gasteiger charge is -2.12. The van der Waals surface area contributed by atoms with Gasteiger partial charge in [0.15, 0.2) is 17.1 Å². The van der Waals surface area contributed by atoms with E-state index in [4.69, 9.17) is 13.9 Å². The number of benzene rings is 2. The van der Waals surface area contributed by atoms with E-state index in [1.54, 1.807) is 12.1 Å². The summed E-state index contributed by atoms with van der Waals surface area (Å²) in [5, 5.41) is 21.8. The van der Waals surface area contributed by atoms with E-state index in [2.05, 4.69) is 0 Å². The minimum atomic E-state index is -0.974. The molecule has 1 aromatic heterocycles. The maximum Gasteiger partial charge on any atom is 0.382 e. The van der Waals surface area contributed by atoms with Crippen LogP contribution in [0.2, 0.25) is 0 Å². The van der Waals surface area contributed by atoms with Gasteiger partial charge in [-0.05, 0) is 36.1 Å². The van der Waals surface area contributed by atoms with Crippen molar-refractivity contribution in [3.8, 4) is 23.0 Å². The van der Waals surface area contributed by atoms with E-state index in [1.165, 1.54) is 14.2 Å². The number of methoxy groups -OCH3 is 2. The summed E-state index contributed by atoms with van der Waals surface area (Å²) >= 11 is 0. The van der Waals surface area contributed by atoms with Crippen LogP contribution in [-0.2, 0) is 0 Å². The first-order valence-corrected chi connectivity index (χ1v) is 6.52. The molecule has 0 saturated heterocycles. The standard InChI is InChI=1S/C16H14O6/c1-7-4-8(20-2)5-10-9(7)6-11-14(21-3)13(18)16(19)22-15(11)12(10)17/h4-6,17-18H,1-3H3. The zero-order valence-corrected chi connectivity index (χ0v) is 12.3. The number of rotatable bonds is 2. The number of aryl methyl sites for hydroxylation is 1. The number of fused-ring (bicyclic) bond motifs is 2. The van der Waals surface area contributed by atoms with Gasteiger partial charge in [-0.25, -0.2) is 4.79 Å². The summed E-state index contributed by atoms with van der Waals surface area (Å²) < 4.78 is 15.3. The number of ether oxygens (including phenoxy) is 2. The minimum absolute atomic E-state index is 0.0290. The molecule has 2 N–H and O–H groups in total. The van der Waals surface area contributed by atoms with Gasteiger partial charge in [0.1, 0.15) is 5.75 Å². The van der Waals surface area contributed by atoms with Crippen LogP contribution in [0.25, 0.3) is 21.7 Å². The second-order valence-corrected chi connectivity index (χ2v) is 4.91. The molecule has 0 aliphatic carbocycles. The van der Waals surface area contributed by atoms with Crippen LogP contribution in [0.1, 0.15) is 5.56 Å². The number of aromatic hydroxyl groups is 2. The van der Waals surface area contributed by atoms with Gasteiger partial charge in [-0.1, -0.05) is 0 Å². The van der Waals surface area contributed by atoms with E-state index in [1.807, 2.05) is 13.0 Å². The zero-order valence-electron chi connectivity index (χ0n) is 12.3. The molecule has 0 aliphatic rings. The lowest BCUT2D eigenvalue weighted by molar-refractivity contribution is 0.355. The van der Waals surface area contributed by atoms with Crippen molar-refractivity contribution in [1.29, 1.82) is 0 Å². The van der Waals surface area contributed by atoms with Crippen LogP contribution in [0.15, 0.2) is 27.4 Å². The normalized spacial score (nSPS) is 11.0. The largest absolute Gasteiger partial charge is 0.504 e. The van der Waals surface area contributed by atoms with Gasteiger partial charge in [-0.15, -0.1) is 0 Å². The molecule has 1 heterocycles. The average Bonchev–Trinajstić information content (AvgIpc) is 2.50. The Hall–Kier alpha value is -2.89. The van der Waals surface area contributed by atoms with E-state index >= 15 is 0 Å². The van der Waals surface area contributed by atoms with Crippen LogP contribution in [0.4, 0.5) is 0 Å². The fourth-order valence-electron chi connectivity index (χ4n) is 2.57. The third-order valence-electron chi connectivity index (χ3n) is 3.65. The Balaban J connectivity index is 2.58. The number of phenols is 1. The summed E-state index contributed by atoms with van der Waals surface area (Å²) in [5.41, 5.74) is -0.155. The Kier molecular flexibility index (Phi) is 3.09. The summed E-state index contributed by atoms with van der Waals surface area (Å²) in [5.74, 6) is -0.281. The van der Waals surface area contributed by atoms with Crippen molar-refractivity contribution in [2.24, 2.45) is 0 Å². The molecule has 0 spiro atoms. The molecule has 6 heteroatoms. The van der Waals surface area contributed by atoms with Gasteiger partial charge in [0.05, 0.1) is 19.6 Å². The molecular formula is C16H14O6. The maximum absolute atomic E-state index is 11.7. The van der Waals surface area contributed by atoms with Gasteiger partial charge >= 0.3 is 5.63 Å². The van der Waals surface area contributed by atoms with Crippen LogP contribution in [0, 0.1) is 6.92 Å². The molecule has 0 bridgehead atoms. The minimum Gasteiger partial charge on any atom is -0.504 e. The van der Waals surface area contributed by atoms with Crippen molar-refractivity contribution in [2.45, 2.75) is 6.92 Å². The second-order valence-electron chi connectivity index (χ2n) is 4.91. The lowest BCUT2D eigenvalue weighted by atomic mass is 10.0. The highest BCUT2D eigenvalue weighted by Gasteiger charge is 2.20. The van der Waals surface area contributed by atoms with Crippen molar-refractivity contribution >= 4 is 21.7 Å². The summed E-state index contributed by atoms with van der Waals surface area (Å²) in [6.45, 7) is 1.86. The molecule has 3 aromatic rings. The quantitative estimate of drug-likeness (QED) is 0.559. The van der Waals surface area contributed by atoms with Crippen molar-refractivity contribution in [3.05, 3.63) is 34.2 Å². The number of hydrogen-bond donors (Lipinski definition) is 2. The van der Waals surface area contributed by atoms with Crippen molar-refractivity contribution in [3.63, 3.8) is 0 Å². The topological polar surface area (TPSA) is 89.1 Å². The van der Waals surface area contributed by atoms with E-state index in [0.717, 1.165) is 10.9 Å². The van der Waals surface area contributed by atoms with Crippen LogP contribution in [0.5, 0.6) is 23.0 Å². The third kappa shape index (κ3) is 1.84. The second kappa shape index (κ2) is 4.84. The van der Waals surface area contributed by atoms with E-state index in [-0.39, 0.29) is 17.1 Å². The smallest absolute Gasteiger partial charge is 0.382 e. The van der Waals surface area contributed by atoms with Gasteiger partial charge in [0, 0.05) is 5.39 Å². The Bertz CT molecular complexity index is 955. The van der Waals surface area contributed by atoms with Crippen LogP contribution in [-0.4, -0.2) is 24.4 Å². The van der Waals surface area contributed by atoms with E-state index in [9.17, 15) is 15.0 Å². The fourth-order valence-corrected chi connectivity index (χ4v) is 2.57. The van der Waals surface area contributed by atoms with E-state index < -0.39 is 11.4 Å². The molecule has 0 aliphatic heterocycles. The Labute approximate surface area is 125 Å². The number of hydrogen-bond acceptors (Lipinski definition) is 6. The molecule has 0 radical (unpaired) electrons. The Morgan fingerprint density at radius 3 is 2.32 bits per heavy atom. The monoisotopic (exact) mass is 302 g/mol. The first kappa shape index (κ1) is 14.1. The molecule has 3 rings (SSSR count). The van der Waals surface area contributed by atoms with Gasteiger partial charge in [-0.2, -0.15) is 0 Å². The van der Waals surface area contributed by atoms with Gasteiger partial charge in [-0.3, -0.25) is 0 Å². The highest BCUT2D eigenvalue weighted by Crippen LogP contribution is 2.42. The molecular weight excluding hydrogens is 288 g/mol. The molecule has 114 valence electrons. The molecule has 0 unspecified atom stereocenters. The lowest BCUT2D eigenvalue weighted by Crippen LogP contribution is -2.01. The molecule has 0 saturated carbocycles. The maximum atomic E-state index is 11.7. The average molecular weight is 302 g/mol. The Morgan fingerprint density at radius 2 is 1.68 bits per heavy atom. The highest BCUT2D eigenvalue weighted by atomic mass is 16.5. The van der Waals surface area contributed by atoms with Crippen molar-refractivity contribution in [1.82, 2.24) is 0 Å². The fraction of sp³-hybridized carbons (Fsp3) is 0.188. The summed E-state index contributed by atoms with van der Waals surface area (Å²) in [6, 6.07) is 5.16. The molecule has 0 amide bonds. The SMILES string of the molecule is COc1cc(C)c2cc3c(OC)c(O)c(=O)oc3c(O)c2c1. The van der Waals surface area contributed by atoms with Gasteiger partial charge in [0.25, 0.3) is 0 Å². The number of phenolic OH excluding ortho intramolecular Hbond substituents is 1. The first-order chi connectivity index (χ1) is 10.5. The molecule has 22 heavy (non-hydrogen) atoms. The van der Waals surface area contributed by atoms with Crippen LogP contribution in [0.3, 0.4) is 0 Å². The summed E-state index contributed by atoms with van der Waals surface area (Å²) in [6.07, 6.45) is 0. The van der Waals surface area contributed by atoms with Crippen molar-refractivity contribution in [2.75, 3.05) is 14.2 Å². The predicted octanol–water partition coefficient (Wildman–Crippen LogP) is 2.68. The molecule has 0 fully saturated rings. The molecule has 2 aromatic carbocycles. The highest BCUT2D eigenvalue weighted by molar-refractivity contribution is 6.06. The first-order valence-electron chi connectivity index (χ1n) is 6.52. The zero-order chi connectivity index (χ0) is 16.0. The molecule has 0 atom stereocenters. The van der Waals surface area contributed by atoms with Crippen LogP contribution >= 0.6 is 0 Å². The third-order valence-corrected chi connectivity index (χ3v) is 3.65.